The van der Waals surface area contributed by atoms with Gasteiger partial charge in [-0.1, -0.05) is 92.5 Å². The zero-order valence-electron chi connectivity index (χ0n) is 51.5. The van der Waals surface area contributed by atoms with Crippen LogP contribution in [0.25, 0.3) is 147 Å². The lowest BCUT2D eigenvalue weighted by atomic mass is 10.0. The third-order valence-electron chi connectivity index (χ3n) is 16.9. The molecule has 0 aliphatic heterocycles. The average molecular weight is 1420 g/mol. The van der Waals surface area contributed by atoms with E-state index in [1.54, 1.807) is 96.1 Å². The van der Waals surface area contributed by atoms with Crippen LogP contribution in [0.4, 0.5) is 13.2 Å². The number of benzene rings is 7. The summed E-state index contributed by atoms with van der Waals surface area (Å²) in [7, 11) is 5.24. The van der Waals surface area contributed by atoms with Crippen LogP contribution in [0, 0.1) is 65.9 Å². The van der Waals surface area contributed by atoms with Crippen molar-refractivity contribution < 1.29 is 13.2 Å². The minimum Gasteiger partial charge on any atom is -0.205 e. The third kappa shape index (κ3) is 10.3. The van der Waals surface area contributed by atoms with Crippen LogP contribution in [0.5, 0.6) is 0 Å². The zero-order chi connectivity index (χ0) is 64.6. The van der Waals surface area contributed by atoms with Gasteiger partial charge in [-0.3, -0.25) is 0 Å². The van der Waals surface area contributed by atoms with E-state index >= 15 is 8.78 Å². The summed E-state index contributed by atoms with van der Waals surface area (Å²) in [6.07, 6.45) is 0. The molecule has 0 bridgehead atoms. The Labute approximate surface area is 576 Å². The molecule has 470 valence electrons. The molecular weight excluding hydrogens is 1370 g/mol. The van der Waals surface area contributed by atoms with Gasteiger partial charge in [-0.2, -0.15) is 45.0 Å². The molecular formula is C71H57Cl3F3N9S7. The van der Waals surface area contributed by atoms with Gasteiger partial charge < -0.3 is 0 Å². The third-order valence-corrected chi connectivity index (χ3v) is 25.9. The van der Waals surface area contributed by atoms with E-state index in [9.17, 15) is 4.39 Å². The first kappa shape index (κ1) is 64.6. The molecule has 93 heavy (non-hydrogen) atoms. The Hall–Kier alpha value is -7.14. The SMILES string of the molecule is C.CC.Cc1c(Cl)c(F)c(-c2ccccc2)c2nn(C)nc12.Cc1c2cc(-c3c(F)c(Cl)c(-c4cc5c(C)c6sccc6c(C)c5s4)c4nn(C)nc34)sc2c(C)c2ccsc12.Cc1c2cc(-c3c(F)c(Cl)c(-c4cccs4)c4nn(C)nc34)sc2c(C)c2ccsc12. The molecule has 7 aromatic carbocycles. The Morgan fingerprint density at radius 1 is 0.333 bits per heavy atom. The van der Waals surface area contributed by atoms with Gasteiger partial charge in [0.1, 0.15) is 33.1 Å². The first-order valence-corrected chi connectivity index (χ1v) is 36.3. The van der Waals surface area contributed by atoms with E-state index in [2.05, 4.69) is 120 Å². The molecule has 0 saturated heterocycles. The molecule has 0 radical (unpaired) electrons. The van der Waals surface area contributed by atoms with Crippen molar-refractivity contribution >= 4 is 208 Å². The van der Waals surface area contributed by atoms with E-state index in [0.29, 0.717) is 66.5 Å². The van der Waals surface area contributed by atoms with E-state index in [1.165, 1.54) is 109 Å². The Bertz CT molecular complexity index is 5520. The number of fused-ring (bicyclic) bond motifs is 9. The van der Waals surface area contributed by atoms with E-state index in [0.717, 1.165) is 35.8 Å². The molecule has 17 rings (SSSR count). The molecule has 22 heteroatoms. The minimum absolute atomic E-state index is 0. The first-order chi connectivity index (χ1) is 44.3. The predicted molar refractivity (Wildman–Crippen MR) is 399 cm³/mol. The number of hydrogen-bond donors (Lipinski definition) is 0. The molecule has 17 aromatic rings. The molecule has 0 aliphatic rings. The lowest BCUT2D eigenvalue weighted by Crippen LogP contribution is -1.92. The van der Waals surface area contributed by atoms with E-state index in [4.69, 9.17) is 39.9 Å². The second-order valence-corrected chi connectivity index (χ2v) is 30.2. The summed E-state index contributed by atoms with van der Waals surface area (Å²) in [6, 6.07) is 25.9. The number of hydrogen-bond acceptors (Lipinski definition) is 13. The monoisotopic (exact) mass is 1420 g/mol. The van der Waals surface area contributed by atoms with Crippen molar-refractivity contribution in [2.75, 3.05) is 0 Å². The maximum Gasteiger partial charge on any atom is 0.153 e. The van der Waals surface area contributed by atoms with Gasteiger partial charge in [-0.05, 0) is 184 Å². The van der Waals surface area contributed by atoms with Crippen LogP contribution >= 0.6 is 114 Å². The van der Waals surface area contributed by atoms with Gasteiger partial charge >= 0.3 is 0 Å². The van der Waals surface area contributed by atoms with Gasteiger partial charge in [-0.15, -0.1) is 79.4 Å². The largest absolute Gasteiger partial charge is 0.205 e. The Morgan fingerprint density at radius 3 is 1.05 bits per heavy atom. The maximum atomic E-state index is 16.5. The molecule has 10 aromatic heterocycles. The quantitative estimate of drug-likeness (QED) is 0.170. The normalized spacial score (nSPS) is 11.7. The van der Waals surface area contributed by atoms with Crippen LogP contribution in [0.3, 0.4) is 0 Å². The van der Waals surface area contributed by atoms with Gasteiger partial charge in [0.15, 0.2) is 17.5 Å². The fourth-order valence-corrected chi connectivity index (χ4v) is 20.9. The lowest BCUT2D eigenvalue weighted by Gasteiger charge is -2.08. The summed E-state index contributed by atoms with van der Waals surface area (Å²) in [5.41, 5.74) is 14.7. The summed E-state index contributed by atoms with van der Waals surface area (Å²) >= 11 is 31.2. The van der Waals surface area contributed by atoms with Crippen LogP contribution in [-0.4, -0.2) is 45.0 Å². The standard InChI is InChI=1S/C31H21ClFN3S4.C23H15ClFN3S3.C14H11ClFN3.C2H6.CH4/c1-12-16-6-8-37-28(16)14(3)18-10-20(39-30(12)18)22-24(32)25(33)23(27-26(22)34-36(5)35-27)21-11-19-15(4)29-17(7-9-38-29)13(2)31(19)40-21;1-10-12-6-8-30-22(12)11(2)13-9-15(31-23(10)13)17-19(25)18(24)16(14-5-4-7-29-14)20-21(17)27-28(3)26-20;1-8-11(15)12(16)10(9-6-4-3-5-7-9)14-13(8)17-19(2)18-14;1-2;/h6-11H,1-5H3;4-9H,1-3H3;3-7H,1-2H3;1-2H3;1H4. The molecule has 0 aliphatic carbocycles. The zero-order valence-corrected chi connectivity index (χ0v) is 59.4. The maximum absolute atomic E-state index is 16.5. The number of aryl methyl sites for hydroxylation is 10. The highest BCUT2D eigenvalue weighted by atomic mass is 35.5. The fourth-order valence-electron chi connectivity index (χ4n) is 12.5. The van der Waals surface area contributed by atoms with Crippen molar-refractivity contribution in [1.29, 1.82) is 0 Å². The fraction of sp³-hybridized carbons (Fsp3) is 0.183. The van der Waals surface area contributed by atoms with Crippen LogP contribution in [0.1, 0.15) is 60.2 Å². The molecule has 0 N–H and O–H groups in total. The molecule has 0 fully saturated rings. The summed E-state index contributed by atoms with van der Waals surface area (Å²) in [5.74, 6) is -1.33. The average Bonchev–Trinajstić information content (AvgIpc) is 1.60. The molecule has 9 nitrogen and oxygen atoms in total. The molecule has 0 amide bonds. The summed E-state index contributed by atoms with van der Waals surface area (Å²) < 4.78 is 54.2. The number of rotatable bonds is 5. The van der Waals surface area contributed by atoms with Gasteiger partial charge in [0.2, 0.25) is 0 Å². The van der Waals surface area contributed by atoms with Gasteiger partial charge in [0.05, 0.1) is 26.2 Å². The van der Waals surface area contributed by atoms with Crippen molar-refractivity contribution in [1.82, 2.24) is 45.0 Å². The predicted octanol–water partition coefficient (Wildman–Crippen LogP) is 24.8. The van der Waals surface area contributed by atoms with Crippen LogP contribution < -0.4 is 0 Å². The topological polar surface area (TPSA) is 92.1 Å². The number of thiophene rings is 7. The highest BCUT2D eigenvalue weighted by molar-refractivity contribution is 7.24. The Balaban J connectivity index is 0.000000132. The number of aromatic nitrogens is 9. The van der Waals surface area contributed by atoms with Crippen molar-refractivity contribution in [2.24, 2.45) is 21.1 Å². The Kier molecular flexibility index (Phi) is 17.3. The van der Waals surface area contributed by atoms with Crippen LogP contribution in [0.2, 0.25) is 15.1 Å². The van der Waals surface area contributed by atoms with Crippen molar-refractivity contribution in [3.05, 3.63) is 172 Å². The molecule has 0 saturated carbocycles. The smallest absolute Gasteiger partial charge is 0.153 e. The number of nitrogens with zero attached hydrogens (tertiary/aromatic N) is 9. The summed E-state index contributed by atoms with van der Waals surface area (Å²) in [4.78, 5) is 7.86. The van der Waals surface area contributed by atoms with E-state index in [-0.39, 0.29) is 22.5 Å². The summed E-state index contributed by atoms with van der Waals surface area (Å²) in [6.45, 7) is 18.6. The second kappa shape index (κ2) is 24.9. The van der Waals surface area contributed by atoms with Gasteiger partial charge in [0.25, 0.3) is 0 Å². The second-order valence-electron chi connectivity index (χ2n) is 22.2. The van der Waals surface area contributed by atoms with Crippen molar-refractivity contribution in [3.63, 3.8) is 0 Å². The number of halogens is 6. The molecule has 10 heterocycles. The van der Waals surface area contributed by atoms with Crippen LogP contribution in [0.15, 0.2) is 100 Å². The molecule has 0 spiro atoms. The first-order valence-electron chi connectivity index (χ1n) is 29.2. The highest BCUT2D eigenvalue weighted by Gasteiger charge is 2.30. The Morgan fingerprint density at radius 2 is 0.667 bits per heavy atom. The van der Waals surface area contributed by atoms with E-state index < -0.39 is 17.5 Å². The lowest BCUT2D eigenvalue weighted by molar-refractivity contribution is 0.631. The molecule has 0 unspecified atom stereocenters. The minimum atomic E-state index is -0.446. The van der Waals surface area contributed by atoms with Gasteiger partial charge in [-0.25, -0.2) is 13.2 Å². The van der Waals surface area contributed by atoms with Crippen molar-refractivity contribution in [2.45, 2.75) is 69.7 Å². The van der Waals surface area contributed by atoms with Gasteiger partial charge in [0, 0.05) is 91.1 Å². The molecule has 0 atom stereocenters. The highest BCUT2D eigenvalue weighted by Crippen LogP contribution is 2.52. The van der Waals surface area contributed by atoms with E-state index in [1.807, 2.05) is 61.7 Å². The van der Waals surface area contributed by atoms with Crippen molar-refractivity contribution in [3.8, 4) is 52.9 Å². The summed E-state index contributed by atoms with van der Waals surface area (Å²) in [5, 5.41) is 43.0. The van der Waals surface area contributed by atoms with Crippen LogP contribution in [-0.2, 0) is 21.1 Å².